The first-order valence-electron chi connectivity index (χ1n) is 6.50. The van der Waals surface area contributed by atoms with Gasteiger partial charge in [0.1, 0.15) is 11.9 Å². The molecule has 0 unspecified atom stereocenters. The monoisotopic (exact) mass is 359 g/mol. The largest absolute Gasteiger partial charge is 0.489 e. The molecule has 2 saturated heterocycles. The van der Waals surface area contributed by atoms with Crippen LogP contribution in [0, 0.1) is 3.57 Å². The van der Waals surface area contributed by atoms with Gasteiger partial charge in [-0.05, 0) is 60.2 Å². The van der Waals surface area contributed by atoms with Crippen LogP contribution in [0.25, 0.3) is 0 Å². The minimum atomic E-state index is 0.00655. The number of hydrogen-bond acceptors (Lipinski definition) is 3. The molecule has 2 heterocycles. The maximum absolute atomic E-state index is 9.66. The molecule has 0 amide bonds. The number of fused-ring (bicyclic) bond motifs is 1. The fraction of sp³-hybridized carbons (Fsp3) is 0.571. The molecule has 0 saturated carbocycles. The predicted molar refractivity (Wildman–Crippen MR) is 78.8 cm³/mol. The zero-order chi connectivity index (χ0) is 12.6. The zero-order valence-electron chi connectivity index (χ0n) is 10.3. The predicted octanol–water partition coefficient (Wildman–Crippen LogP) is 2.27. The molecular weight excluding hydrogens is 341 g/mol. The van der Waals surface area contributed by atoms with Gasteiger partial charge in [-0.1, -0.05) is 6.07 Å². The van der Waals surface area contributed by atoms with Gasteiger partial charge < -0.3 is 9.84 Å². The van der Waals surface area contributed by atoms with E-state index in [9.17, 15) is 5.11 Å². The van der Waals surface area contributed by atoms with Crippen LogP contribution in [0.4, 0.5) is 0 Å². The van der Waals surface area contributed by atoms with Crippen molar-refractivity contribution in [3.8, 4) is 5.75 Å². The quantitative estimate of drug-likeness (QED) is 0.841. The van der Waals surface area contributed by atoms with E-state index in [1.807, 2.05) is 12.1 Å². The molecule has 0 aliphatic carbocycles. The van der Waals surface area contributed by atoms with Crippen LogP contribution < -0.4 is 4.74 Å². The summed E-state index contributed by atoms with van der Waals surface area (Å²) in [7, 11) is 0. The molecule has 0 spiro atoms. The number of rotatable bonds is 3. The molecule has 0 radical (unpaired) electrons. The van der Waals surface area contributed by atoms with Gasteiger partial charge in [-0.2, -0.15) is 0 Å². The lowest BCUT2D eigenvalue weighted by Gasteiger charge is -2.28. The molecule has 1 aromatic carbocycles. The number of hydrogen-bond donors (Lipinski definition) is 1. The highest BCUT2D eigenvalue weighted by molar-refractivity contribution is 14.1. The Morgan fingerprint density at radius 1 is 1.50 bits per heavy atom. The van der Waals surface area contributed by atoms with Crippen molar-refractivity contribution in [1.82, 2.24) is 4.90 Å². The summed E-state index contributed by atoms with van der Waals surface area (Å²) < 4.78 is 7.26. The first-order chi connectivity index (χ1) is 8.72. The molecule has 1 aromatic rings. The zero-order valence-corrected chi connectivity index (χ0v) is 12.5. The van der Waals surface area contributed by atoms with Crippen molar-refractivity contribution < 1.29 is 9.84 Å². The summed E-state index contributed by atoms with van der Waals surface area (Å²) in [5.74, 6) is 0.946. The summed E-state index contributed by atoms with van der Waals surface area (Å²) in [6.45, 7) is 2.32. The smallest absolute Gasteiger partial charge is 0.120 e. The van der Waals surface area contributed by atoms with Gasteiger partial charge in [0.05, 0.1) is 6.61 Å². The first-order valence-corrected chi connectivity index (χ1v) is 7.58. The Morgan fingerprint density at radius 3 is 3.11 bits per heavy atom. The lowest BCUT2D eigenvalue weighted by atomic mass is 9.94. The Kier molecular flexibility index (Phi) is 3.51. The van der Waals surface area contributed by atoms with E-state index in [1.54, 1.807) is 0 Å². The fourth-order valence-corrected chi connectivity index (χ4v) is 3.81. The third kappa shape index (κ3) is 2.26. The number of aliphatic hydroxyl groups is 1. The van der Waals surface area contributed by atoms with Crippen molar-refractivity contribution in [2.24, 2.45) is 0 Å². The Labute approximate surface area is 121 Å². The van der Waals surface area contributed by atoms with E-state index in [0.717, 1.165) is 31.7 Å². The number of aliphatic hydroxyl groups excluding tert-OH is 1. The Balaban J connectivity index is 1.69. The summed E-state index contributed by atoms with van der Waals surface area (Å²) in [5.41, 5.74) is 0.00655. The fourth-order valence-electron chi connectivity index (χ4n) is 3.30. The SMILES string of the molecule is OC[C@@]12CCCN1C[C@H](Oc1cccc(I)c1)C2. The minimum Gasteiger partial charge on any atom is -0.489 e. The highest BCUT2D eigenvalue weighted by Gasteiger charge is 2.48. The van der Waals surface area contributed by atoms with Crippen molar-refractivity contribution in [2.75, 3.05) is 19.7 Å². The van der Waals surface area contributed by atoms with E-state index in [2.05, 4.69) is 39.6 Å². The van der Waals surface area contributed by atoms with Crippen LogP contribution in [0.1, 0.15) is 19.3 Å². The van der Waals surface area contributed by atoms with E-state index in [4.69, 9.17) is 4.74 Å². The molecule has 4 heteroatoms. The van der Waals surface area contributed by atoms with Crippen molar-refractivity contribution >= 4 is 22.6 Å². The summed E-state index contributed by atoms with van der Waals surface area (Å²) in [6, 6.07) is 8.16. The van der Waals surface area contributed by atoms with Gasteiger partial charge in [-0.25, -0.2) is 0 Å². The lowest BCUT2D eigenvalue weighted by Crippen LogP contribution is -2.41. The van der Waals surface area contributed by atoms with Crippen LogP contribution in [0.2, 0.25) is 0 Å². The van der Waals surface area contributed by atoms with Crippen LogP contribution in [0.3, 0.4) is 0 Å². The molecule has 2 aliphatic rings. The lowest BCUT2D eigenvalue weighted by molar-refractivity contribution is 0.0993. The van der Waals surface area contributed by atoms with Crippen molar-refractivity contribution in [3.05, 3.63) is 27.8 Å². The second kappa shape index (κ2) is 4.98. The molecular formula is C14H18INO2. The summed E-state index contributed by atoms with van der Waals surface area (Å²) >= 11 is 2.30. The van der Waals surface area contributed by atoms with E-state index in [0.29, 0.717) is 0 Å². The van der Waals surface area contributed by atoms with Crippen LogP contribution in [-0.4, -0.2) is 41.3 Å². The van der Waals surface area contributed by atoms with E-state index in [-0.39, 0.29) is 18.2 Å². The van der Waals surface area contributed by atoms with Crippen LogP contribution in [0.15, 0.2) is 24.3 Å². The van der Waals surface area contributed by atoms with Gasteiger partial charge in [-0.3, -0.25) is 4.90 Å². The average Bonchev–Trinajstić information content (AvgIpc) is 2.85. The normalized spacial score (nSPS) is 31.6. The molecule has 2 atom stereocenters. The third-order valence-electron chi connectivity index (χ3n) is 4.17. The van der Waals surface area contributed by atoms with E-state index in [1.165, 1.54) is 9.99 Å². The minimum absolute atomic E-state index is 0.00655. The third-order valence-corrected chi connectivity index (χ3v) is 4.84. The number of nitrogens with zero attached hydrogens (tertiary/aromatic N) is 1. The molecule has 98 valence electrons. The van der Waals surface area contributed by atoms with Gasteiger partial charge in [-0.15, -0.1) is 0 Å². The van der Waals surface area contributed by atoms with Gasteiger partial charge in [0.2, 0.25) is 0 Å². The standard InChI is InChI=1S/C14H18INO2/c15-11-3-1-4-12(7-11)18-13-8-14(10-17)5-2-6-16(14)9-13/h1,3-4,7,13,17H,2,5-6,8-10H2/t13-,14+/m1/s1. The van der Waals surface area contributed by atoms with Crippen molar-refractivity contribution in [3.63, 3.8) is 0 Å². The van der Waals surface area contributed by atoms with Gasteiger partial charge >= 0.3 is 0 Å². The summed E-state index contributed by atoms with van der Waals surface area (Å²) in [5, 5.41) is 9.66. The van der Waals surface area contributed by atoms with Gasteiger partial charge in [0, 0.05) is 22.1 Å². The molecule has 0 aromatic heterocycles. The van der Waals surface area contributed by atoms with Crippen molar-refractivity contribution in [1.29, 1.82) is 0 Å². The first kappa shape index (κ1) is 12.7. The second-order valence-electron chi connectivity index (χ2n) is 5.33. The topological polar surface area (TPSA) is 32.7 Å². The Morgan fingerprint density at radius 2 is 2.39 bits per heavy atom. The van der Waals surface area contributed by atoms with Crippen LogP contribution in [-0.2, 0) is 0 Å². The maximum Gasteiger partial charge on any atom is 0.120 e. The van der Waals surface area contributed by atoms with Gasteiger partial charge in [0.15, 0.2) is 0 Å². The molecule has 18 heavy (non-hydrogen) atoms. The van der Waals surface area contributed by atoms with Crippen LogP contribution >= 0.6 is 22.6 Å². The Bertz CT molecular complexity index is 440. The highest BCUT2D eigenvalue weighted by Crippen LogP contribution is 2.39. The summed E-state index contributed by atoms with van der Waals surface area (Å²) in [4.78, 5) is 2.41. The Hall–Kier alpha value is -0.330. The van der Waals surface area contributed by atoms with Gasteiger partial charge in [0.25, 0.3) is 0 Å². The molecule has 3 nitrogen and oxygen atoms in total. The van der Waals surface area contributed by atoms with E-state index < -0.39 is 0 Å². The molecule has 1 N–H and O–H groups in total. The maximum atomic E-state index is 9.66. The highest BCUT2D eigenvalue weighted by atomic mass is 127. The molecule has 0 bridgehead atoms. The van der Waals surface area contributed by atoms with Crippen LogP contribution in [0.5, 0.6) is 5.75 Å². The number of ether oxygens (including phenoxy) is 1. The number of halogens is 1. The molecule has 2 fully saturated rings. The van der Waals surface area contributed by atoms with Crippen molar-refractivity contribution in [2.45, 2.75) is 30.9 Å². The summed E-state index contributed by atoms with van der Waals surface area (Å²) in [6.07, 6.45) is 3.48. The molecule has 2 aliphatic heterocycles. The second-order valence-corrected chi connectivity index (χ2v) is 6.58. The van der Waals surface area contributed by atoms with E-state index >= 15 is 0 Å². The average molecular weight is 359 g/mol. The molecule has 3 rings (SSSR count). The number of benzene rings is 1.